The minimum Gasteiger partial charge on any atom is -0.665 e. The van der Waals surface area contributed by atoms with Crippen molar-refractivity contribution in [3.05, 3.63) is 24.3 Å². The van der Waals surface area contributed by atoms with Crippen LogP contribution in [0.15, 0.2) is 18.2 Å². The topological polar surface area (TPSA) is 112 Å². The van der Waals surface area contributed by atoms with E-state index in [4.69, 9.17) is 29.7 Å². The van der Waals surface area contributed by atoms with Crippen molar-refractivity contribution >= 4 is 19.4 Å². The first kappa shape index (κ1) is 23.3. The third-order valence-corrected chi connectivity index (χ3v) is 0.586. The first-order chi connectivity index (χ1) is 6.74. The van der Waals surface area contributed by atoms with Crippen LogP contribution in [0.3, 0.4) is 0 Å². The Balaban J connectivity index is -0.0000000550. The SMILES string of the molecule is O=[C-]O.O=[C-]O.O=[C-]O.[C-]1=CC=CC1.[Mn]. The Labute approximate surface area is 97.4 Å². The third kappa shape index (κ3) is 116. The van der Waals surface area contributed by atoms with Gasteiger partial charge in [-0.3, -0.25) is 6.08 Å². The van der Waals surface area contributed by atoms with Gasteiger partial charge in [0, 0.05) is 17.1 Å². The van der Waals surface area contributed by atoms with Crippen LogP contribution in [-0.2, 0) is 31.5 Å². The van der Waals surface area contributed by atoms with Gasteiger partial charge in [0.05, 0.1) is 0 Å². The van der Waals surface area contributed by atoms with E-state index in [-0.39, 0.29) is 17.1 Å². The maximum Gasteiger partial charge on any atom is 0 e. The molecular weight excluding hydrogens is 247 g/mol. The molecule has 0 aromatic heterocycles. The summed E-state index contributed by atoms with van der Waals surface area (Å²) in [7, 11) is 0. The summed E-state index contributed by atoms with van der Waals surface area (Å²) in [6, 6.07) is 0. The number of hydrogen-bond acceptors (Lipinski definition) is 3. The van der Waals surface area contributed by atoms with Gasteiger partial charge in [0.1, 0.15) is 0 Å². The van der Waals surface area contributed by atoms with E-state index in [1.807, 2.05) is 12.2 Å². The molecule has 1 aliphatic carbocycles. The largest absolute Gasteiger partial charge is 0.665 e. The zero-order chi connectivity index (χ0) is 11.7. The first-order valence-electron chi connectivity index (χ1n) is 3.00. The van der Waals surface area contributed by atoms with Crippen LogP contribution in [0.5, 0.6) is 0 Å². The number of hydrogen-bond donors (Lipinski definition) is 3. The Morgan fingerprint density at radius 2 is 1.33 bits per heavy atom. The summed E-state index contributed by atoms with van der Waals surface area (Å²) in [4.78, 5) is 24.7. The maximum atomic E-state index is 8.24. The van der Waals surface area contributed by atoms with Crippen molar-refractivity contribution in [3.63, 3.8) is 0 Å². The number of allylic oxidation sites excluding steroid dienone is 4. The molecule has 0 fully saturated rings. The predicted octanol–water partition coefficient (Wildman–Crippen LogP) is 0.138. The van der Waals surface area contributed by atoms with E-state index in [1.165, 1.54) is 0 Å². The molecule has 6 nitrogen and oxygen atoms in total. The normalized spacial score (nSPS) is 8.27. The summed E-state index contributed by atoms with van der Waals surface area (Å²) >= 11 is 0. The van der Waals surface area contributed by atoms with Crippen molar-refractivity contribution in [2.45, 2.75) is 6.42 Å². The second kappa shape index (κ2) is 39.3. The van der Waals surface area contributed by atoms with Crippen molar-refractivity contribution in [1.29, 1.82) is 0 Å². The van der Waals surface area contributed by atoms with Gasteiger partial charge in [0.15, 0.2) is 0 Å². The standard InChI is InChI=1S/C5H5.3CHO2.Mn/c1-2-4-5-3-1;3*2-1-3;/h1-3H,4H2;3*(H,2,3);/q4*-1;. The molecule has 0 aromatic carbocycles. The summed E-state index contributed by atoms with van der Waals surface area (Å²) in [5.74, 6) is 0. The second-order valence-corrected chi connectivity index (χ2v) is 1.28. The van der Waals surface area contributed by atoms with Crippen LogP contribution in [0.25, 0.3) is 0 Å². The van der Waals surface area contributed by atoms with Crippen LogP contribution < -0.4 is 0 Å². The van der Waals surface area contributed by atoms with Gasteiger partial charge in [0.2, 0.25) is 0 Å². The molecule has 1 radical (unpaired) electrons. The Hall–Kier alpha value is -1.59. The molecule has 1 rings (SSSR count). The molecule has 0 spiro atoms. The van der Waals surface area contributed by atoms with Crippen molar-refractivity contribution in [2.75, 3.05) is 0 Å². The van der Waals surface area contributed by atoms with E-state index in [2.05, 4.69) is 12.2 Å². The van der Waals surface area contributed by atoms with Crippen LogP contribution in [-0.4, -0.2) is 34.7 Å². The molecular formula is C8H8MnO6-4. The molecule has 1 aliphatic rings. The zero-order valence-electron chi connectivity index (χ0n) is 7.38. The first-order valence-corrected chi connectivity index (χ1v) is 3.00. The van der Waals surface area contributed by atoms with E-state index in [9.17, 15) is 0 Å². The van der Waals surface area contributed by atoms with Crippen molar-refractivity contribution < 1.29 is 46.8 Å². The summed E-state index contributed by atoms with van der Waals surface area (Å²) < 4.78 is 0. The van der Waals surface area contributed by atoms with Gasteiger partial charge in [-0.25, -0.2) is 12.2 Å². The fourth-order valence-electron chi connectivity index (χ4n) is 0.340. The number of rotatable bonds is 0. The molecule has 7 heteroatoms. The smallest absolute Gasteiger partial charge is 0 e. The van der Waals surface area contributed by atoms with Gasteiger partial charge in [-0.1, -0.05) is 19.4 Å². The van der Waals surface area contributed by atoms with Crippen LogP contribution in [0.4, 0.5) is 0 Å². The summed E-state index contributed by atoms with van der Waals surface area (Å²) in [5.41, 5.74) is 0. The Bertz CT molecular complexity index is 154. The van der Waals surface area contributed by atoms with Gasteiger partial charge in [0.25, 0.3) is 0 Å². The van der Waals surface area contributed by atoms with Crippen molar-refractivity contribution in [1.82, 2.24) is 0 Å². The molecule has 15 heavy (non-hydrogen) atoms. The zero-order valence-corrected chi connectivity index (χ0v) is 8.56. The third-order valence-electron chi connectivity index (χ3n) is 0.586. The molecule has 3 N–H and O–H groups in total. The minimum atomic E-state index is 0. The number of aliphatic hydroxyl groups excluding tert-OH is 3. The molecule has 0 aliphatic heterocycles. The molecule has 0 saturated carbocycles. The second-order valence-electron chi connectivity index (χ2n) is 1.28. The Morgan fingerprint density at radius 1 is 1.00 bits per heavy atom. The summed E-state index contributed by atoms with van der Waals surface area (Å²) in [5, 5.41) is 20.3. The van der Waals surface area contributed by atoms with Crippen LogP contribution in [0.2, 0.25) is 0 Å². The van der Waals surface area contributed by atoms with Crippen LogP contribution in [0.1, 0.15) is 6.42 Å². The Morgan fingerprint density at radius 3 is 1.40 bits per heavy atom. The predicted molar refractivity (Wildman–Crippen MR) is 46.5 cm³/mol. The van der Waals surface area contributed by atoms with E-state index in [1.54, 1.807) is 0 Å². The molecule has 0 bridgehead atoms. The maximum absolute atomic E-state index is 8.24. The molecule has 0 atom stereocenters. The molecule has 0 unspecified atom stereocenters. The Kier molecular flexibility index (Phi) is 61.1. The average molecular weight is 255 g/mol. The van der Waals surface area contributed by atoms with Gasteiger partial charge < -0.3 is 29.7 Å². The van der Waals surface area contributed by atoms with Gasteiger partial charge in [-0.05, 0) is 0 Å². The monoisotopic (exact) mass is 255 g/mol. The quantitative estimate of drug-likeness (QED) is 0.419. The van der Waals surface area contributed by atoms with Gasteiger partial charge in [-0.2, -0.15) is 6.08 Å². The van der Waals surface area contributed by atoms with Crippen molar-refractivity contribution in [2.24, 2.45) is 0 Å². The van der Waals surface area contributed by atoms with Gasteiger partial charge in [-0.15, -0.1) is 6.42 Å². The molecule has 0 heterocycles. The average Bonchev–Trinajstić information content (AvgIpc) is 2.63. The van der Waals surface area contributed by atoms with Crippen molar-refractivity contribution in [3.8, 4) is 0 Å². The molecule has 0 amide bonds. The molecule has 0 saturated heterocycles. The van der Waals surface area contributed by atoms with E-state index in [0.29, 0.717) is 19.4 Å². The summed E-state index contributed by atoms with van der Waals surface area (Å²) in [6.45, 7) is 1.50. The van der Waals surface area contributed by atoms with E-state index < -0.39 is 0 Å². The van der Waals surface area contributed by atoms with E-state index in [0.717, 1.165) is 6.42 Å². The minimum absolute atomic E-state index is 0. The molecule has 0 aromatic rings. The van der Waals surface area contributed by atoms with Crippen LogP contribution >= 0.6 is 0 Å². The van der Waals surface area contributed by atoms with E-state index >= 15 is 0 Å². The molecule has 87 valence electrons. The van der Waals surface area contributed by atoms with Crippen LogP contribution in [0, 0.1) is 6.08 Å². The fourth-order valence-corrected chi connectivity index (χ4v) is 0.340. The summed E-state index contributed by atoms with van der Waals surface area (Å²) in [6.07, 6.45) is 10.0. The van der Waals surface area contributed by atoms with Gasteiger partial charge >= 0.3 is 0 Å². The fraction of sp³-hybridized carbons (Fsp3) is 0.125.